The van der Waals surface area contributed by atoms with Crippen LogP contribution in [-0.4, -0.2) is 22.3 Å². The van der Waals surface area contributed by atoms with Crippen LogP contribution >= 0.6 is 0 Å². The Morgan fingerprint density at radius 3 is 2.81 bits per heavy atom. The van der Waals surface area contributed by atoms with E-state index < -0.39 is 30.2 Å². The number of nitrogens with zero attached hydrogens (tertiary/aromatic N) is 1. The second kappa shape index (κ2) is 7.54. The molecule has 1 unspecified atom stereocenters. The van der Waals surface area contributed by atoms with E-state index in [1.807, 2.05) is 13.8 Å². The molecule has 1 aliphatic heterocycles. The monoisotopic (exact) mass is 354 g/mol. The van der Waals surface area contributed by atoms with Crippen molar-refractivity contribution in [3.8, 4) is 11.8 Å². The number of carbonyl (C=O) groups excluding carboxylic acids is 1. The Kier molecular flexibility index (Phi) is 5.19. The van der Waals surface area contributed by atoms with E-state index in [1.165, 1.54) is 12.1 Å². The van der Waals surface area contributed by atoms with E-state index in [9.17, 15) is 14.3 Å². The molecule has 5 nitrogen and oxygen atoms in total. The third kappa shape index (κ3) is 4.01. The Bertz CT molecular complexity index is 873. The quantitative estimate of drug-likeness (QED) is 0.831. The first-order valence-electron chi connectivity index (χ1n) is 8.31. The Labute approximate surface area is 151 Å². The molecule has 2 heterocycles. The van der Waals surface area contributed by atoms with Crippen molar-refractivity contribution in [1.29, 1.82) is 0 Å². The predicted octanol–water partition coefficient (Wildman–Crippen LogP) is 3.11. The maximum atomic E-state index is 13.5. The summed E-state index contributed by atoms with van der Waals surface area (Å²) in [5, 5.41) is 12.5. The SMILES string of the molecule is CC(C)C(O)C#Cc1cncc([C@H]2NC(=O)O[C@@H]2c2cccc(F)c2)c1. The molecule has 3 rings (SSSR count). The number of aromatic nitrogens is 1. The number of carbonyl (C=O) groups is 1. The van der Waals surface area contributed by atoms with Crippen molar-refractivity contribution in [2.75, 3.05) is 0 Å². The highest BCUT2D eigenvalue weighted by molar-refractivity contribution is 5.71. The Hall–Kier alpha value is -2.91. The average Bonchev–Trinajstić information content (AvgIpc) is 3.01. The lowest BCUT2D eigenvalue weighted by atomic mass is 9.97. The molecule has 0 aliphatic carbocycles. The van der Waals surface area contributed by atoms with Crippen molar-refractivity contribution in [2.24, 2.45) is 5.92 Å². The predicted molar refractivity (Wildman–Crippen MR) is 93.5 cm³/mol. The summed E-state index contributed by atoms with van der Waals surface area (Å²) in [6.07, 6.45) is 1.22. The molecule has 2 aromatic rings. The largest absolute Gasteiger partial charge is 0.439 e. The van der Waals surface area contributed by atoms with E-state index in [0.29, 0.717) is 16.7 Å². The lowest BCUT2D eigenvalue weighted by molar-refractivity contribution is 0.132. The van der Waals surface area contributed by atoms with E-state index in [-0.39, 0.29) is 5.92 Å². The van der Waals surface area contributed by atoms with Gasteiger partial charge in [0.05, 0.1) is 0 Å². The molecule has 1 aromatic carbocycles. The van der Waals surface area contributed by atoms with Crippen LogP contribution in [0.25, 0.3) is 0 Å². The van der Waals surface area contributed by atoms with Crippen LogP contribution in [0.3, 0.4) is 0 Å². The van der Waals surface area contributed by atoms with Crippen molar-refractivity contribution in [1.82, 2.24) is 10.3 Å². The van der Waals surface area contributed by atoms with Crippen LogP contribution in [0, 0.1) is 23.6 Å². The Balaban J connectivity index is 1.89. The molecule has 3 atom stereocenters. The number of halogens is 1. The molecule has 0 spiro atoms. The minimum absolute atomic E-state index is 0.0264. The van der Waals surface area contributed by atoms with Crippen molar-refractivity contribution < 1.29 is 19.0 Å². The normalized spacial score (nSPS) is 20.1. The summed E-state index contributed by atoms with van der Waals surface area (Å²) in [4.78, 5) is 15.9. The highest BCUT2D eigenvalue weighted by Crippen LogP contribution is 2.36. The first kappa shape index (κ1) is 17.9. The highest BCUT2D eigenvalue weighted by Gasteiger charge is 2.36. The second-order valence-corrected chi connectivity index (χ2v) is 6.47. The van der Waals surface area contributed by atoms with Gasteiger partial charge in [-0.3, -0.25) is 4.98 Å². The summed E-state index contributed by atoms with van der Waals surface area (Å²) in [7, 11) is 0. The van der Waals surface area contributed by atoms with E-state index >= 15 is 0 Å². The number of cyclic esters (lactones) is 1. The number of alkyl carbamates (subject to hydrolysis) is 1. The number of rotatable bonds is 3. The molecule has 1 aliphatic rings. The topological polar surface area (TPSA) is 71.5 Å². The zero-order chi connectivity index (χ0) is 18.7. The summed E-state index contributed by atoms with van der Waals surface area (Å²) < 4.78 is 18.9. The molecule has 6 heteroatoms. The van der Waals surface area contributed by atoms with Gasteiger partial charge in [-0.15, -0.1) is 0 Å². The Morgan fingerprint density at radius 2 is 2.08 bits per heavy atom. The standard InChI is InChI=1S/C20H19FN2O3/c1-12(2)17(24)7-6-13-8-15(11-22-10-13)18-19(26-20(25)23-18)14-4-3-5-16(21)9-14/h3-5,8-12,17-19,24H,1-2H3,(H,23,25)/t17?,18-,19-/m1/s1. The third-order valence-corrected chi connectivity index (χ3v) is 4.10. The summed E-state index contributed by atoms with van der Waals surface area (Å²) in [5.41, 5.74) is 1.86. The van der Waals surface area contributed by atoms with E-state index in [1.54, 1.807) is 30.6 Å². The van der Waals surface area contributed by atoms with Crippen molar-refractivity contribution in [3.63, 3.8) is 0 Å². The molecule has 1 amide bonds. The smallest absolute Gasteiger partial charge is 0.408 e. The van der Waals surface area contributed by atoms with E-state index in [0.717, 1.165) is 0 Å². The molecular weight excluding hydrogens is 335 g/mol. The first-order valence-corrected chi connectivity index (χ1v) is 8.31. The number of amides is 1. The summed E-state index contributed by atoms with van der Waals surface area (Å²) in [6.45, 7) is 3.76. The van der Waals surface area contributed by atoms with Gasteiger partial charge in [0.2, 0.25) is 0 Å². The van der Waals surface area contributed by atoms with Crippen LogP contribution in [0.4, 0.5) is 9.18 Å². The van der Waals surface area contributed by atoms with E-state index in [4.69, 9.17) is 4.74 Å². The van der Waals surface area contributed by atoms with Gasteiger partial charge in [0.1, 0.15) is 18.0 Å². The van der Waals surface area contributed by atoms with Crippen LogP contribution in [-0.2, 0) is 4.74 Å². The van der Waals surface area contributed by atoms with Gasteiger partial charge in [-0.25, -0.2) is 9.18 Å². The minimum atomic E-state index is -0.729. The van der Waals surface area contributed by atoms with Gasteiger partial charge in [-0.05, 0) is 35.2 Å². The number of benzene rings is 1. The van der Waals surface area contributed by atoms with Gasteiger partial charge in [0.25, 0.3) is 0 Å². The molecule has 0 bridgehead atoms. The molecule has 1 aromatic heterocycles. The number of aliphatic hydroxyl groups is 1. The zero-order valence-corrected chi connectivity index (χ0v) is 14.4. The number of aliphatic hydroxyl groups excluding tert-OH is 1. The van der Waals surface area contributed by atoms with Crippen molar-refractivity contribution >= 4 is 6.09 Å². The molecule has 0 saturated carbocycles. The maximum Gasteiger partial charge on any atom is 0.408 e. The van der Waals surface area contributed by atoms with Gasteiger partial charge in [0.15, 0.2) is 6.10 Å². The molecule has 1 saturated heterocycles. The fraction of sp³-hybridized carbons (Fsp3) is 0.300. The van der Waals surface area contributed by atoms with Gasteiger partial charge < -0.3 is 15.2 Å². The van der Waals surface area contributed by atoms with Gasteiger partial charge in [-0.1, -0.05) is 37.8 Å². The Morgan fingerprint density at radius 1 is 1.27 bits per heavy atom. The number of hydrogen-bond donors (Lipinski definition) is 2. The zero-order valence-electron chi connectivity index (χ0n) is 14.4. The van der Waals surface area contributed by atoms with E-state index in [2.05, 4.69) is 22.1 Å². The minimum Gasteiger partial charge on any atom is -0.439 e. The van der Waals surface area contributed by atoms with Gasteiger partial charge in [-0.2, -0.15) is 0 Å². The number of nitrogens with one attached hydrogen (secondary N) is 1. The van der Waals surface area contributed by atoms with Gasteiger partial charge >= 0.3 is 6.09 Å². The van der Waals surface area contributed by atoms with Gasteiger partial charge in [0, 0.05) is 18.0 Å². The summed E-state index contributed by atoms with van der Waals surface area (Å²) >= 11 is 0. The lowest BCUT2D eigenvalue weighted by Gasteiger charge is -2.17. The highest BCUT2D eigenvalue weighted by atomic mass is 19.1. The van der Waals surface area contributed by atoms with Crippen LogP contribution in [0.2, 0.25) is 0 Å². The molecule has 1 fully saturated rings. The van der Waals surface area contributed by atoms with Crippen LogP contribution in [0.1, 0.15) is 42.7 Å². The number of ether oxygens (including phenoxy) is 1. The van der Waals surface area contributed by atoms with Crippen LogP contribution < -0.4 is 5.32 Å². The number of hydrogen-bond acceptors (Lipinski definition) is 4. The average molecular weight is 354 g/mol. The molecule has 0 radical (unpaired) electrons. The summed E-state index contributed by atoms with van der Waals surface area (Å²) in [6, 6.07) is 7.22. The second-order valence-electron chi connectivity index (χ2n) is 6.47. The maximum absolute atomic E-state index is 13.5. The molecule has 26 heavy (non-hydrogen) atoms. The molecule has 2 N–H and O–H groups in total. The van der Waals surface area contributed by atoms with Crippen molar-refractivity contribution in [2.45, 2.75) is 32.1 Å². The number of pyridine rings is 1. The molecular formula is C20H19FN2O3. The van der Waals surface area contributed by atoms with Crippen LogP contribution in [0.5, 0.6) is 0 Å². The lowest BCUT2D eigenvalue weighted by Crippen LogP contribution is -2.20. The van der Waals surface area contributed by atoms with Crippen LogP contribution in [0.15, 0.2) is 42.7 Å². The van der Waals surface area contributed by atoms with Crippen molar-refractivity contribution in [3.05, 3.63) is 65.2 Å². The summed E-state index contributed by atoms with van der Waals surface area (Å²) in [5.74, 6) is 5.29. The fourth-order valence-corrected chi connectivity index (χ4v) is 2.64. The third-order valence-electron chi connectivity index (χ3n) is 4.10. The first-order chi connectivity index (χ1) is 12.4. The fourth-order valence-electron chi connectivity index (χ4n) is 2.64. The molecule has 134 valence electrons.